The maximum Gasteiger partial charge on any atom is 0.472 e. The first kappa shape index (κ1) is 45.0. The van der Waals surface area contributed by atoms with Crippen LogP contribution >= 0.6 is 7.82 Å². The molecule has 0 radical (unpaired) electrons. The Kier molecular flexibility index (Phi) is 33.2. The number of phosphoric ester groups is 1. The fraction of sp³-hybridized carbons (Fsp3) is 0.917. The smallest absolute Gasteiger partial charge is 0.472 e. The molecule has 0 aliphatic rings. The highest BCUT2D eigenvalue weighted by Crippen LogP contribution is 2.43. The van der Waals surface area contributed by atoms with E-state index in [1.54, 1.807) is 6.26 Å². The molecule has 3 N–H and O–H groups in total. The van der Waals surface area contributed by atoms with Crippen molar-refractivity contribution in [2.75, 3.05) is 26.4 Å². The number of aliphatic hydroxyl groups is 2. The van der Waals surface area contributed by atoms with Gasteiger partial charge in [0.05, 0.1) is 26.1 Å². The van der Waals surface area contributed by atoms with Crippen LogP contribution < -0.4 is 0 Å². The molecule has 46 heavy (non-hydrogen) atoms. The first-order valence-corrected chi connectivity index (χ1v) is 20.2. The second-order valence-electron chi connectivity index (χ2n) is 12.7. The number of aliphatic hydroxyl groups excluding tert-OH is 2. The van der Waals surface area contributed by atoms with Gasteiger partial charge in [-0.05, 0) is 25.3 Å². The second kappa shape index (κ2) is 33.9. The van der Waals surface area contributed by atoms with Crippen LogP contribution in [0.1, 0.15) is 174 Å². The molecule has 3 atom stereocenters. The molecular formula is C36H71O9P. The van der Waals surface area contributed by atoms with E-state index in [2.05, 4.69) is 13.8 Å². The quantitative estimate of drug-likeness (QED) is 0.0256. The van der Waals surface area contributed by atoms with Gasteiger partial charge in [-0.15, -0.1) is 0 Å². The number of allylic oxidation sites excluding steroid dienone is 1. The molecular weight excluding hydrogens is 607 g/mol. The molecule has 0 amide bonds. The van der Waals surface area contributed by atoms with E-state index in [9.17, 15) is 19.4 Å². The predicted molar refractivity (Wildman–Crippen MR) is 187 cm³/mol. The predicted octanol–water partition coefficient (Wildman–Crippen LogP) is 9.71. The maximum absolute atomic E-state index is 12.5. The van der Waals surface area contributed by atoms with Crippen LogP contribution in [0, 0.1) is 0 Å². The summed E-state index contributed by atoms with van der Waals surface area (Å²) in [5.41, 5.74) is 0. The fourth-order valence-corrected chi connectivity index (χ4v) is 5.93. The van der Waals surface area contributed by atoms with Crippen LogP contribution in [0.4, 0.5) is 0 Å². The Morgan fingerprint density at radius 1 is 0.652 bits per heavy atom. The molecule has 10 heteroatoms. The maximum atomic E-state index is 12.5. The lowest BCUT2D eigenvalue weighted by molar-refractivity contribution is -0.153. The first-order valence-electron chi connectivity index (χ1n) is 18.7. The molecule has 1 unspecified atom stereocenters. The highest BCUT2D eigenvalue weighted by atomic mass is 31.2. The lowest BCUT2D eigenvalue weighted by Gasteiger charge is -2.20. The van der Waals surface area contributed by atoms with Crippen LogP contribution in [0.2, 0.25) is 0 Å². The van der Waals surface area contributed by atoms with Gasteiger partial charge in [0.25, 0.3) is 0 Å². The van der Waals surface area contributed by atoms with Crippen LogP contribution in [-0.4, -0.2) is 59.7 Å². The monoisotopic (exact) mass is 678 g/mol. The zero-order chi connectivity index (χ0) is 34.0. The molecule has 0 bridgehead atoms. The molecule has 0 aromatic rings. The van der Waals surface area contributed by atoms with Gasteiger partial charge < -0.3 is 24.6 Å². The summed E-state index contributed by atoms with van der Waals surface area (Å²) in [6, 6.07) is 0. The van der Waals surface area contributed by atoms with E-state index >= 15 is 0 Å². The third-order valence-corrected chi connectivity index (χ3v) is 9.00. The van der Waals surface area contributed by atoms with E-state index in [4.69, 9.17) is 23.6 Å². The van der Waals surface area contributed by atoms with Crippen molar-refractivity contribution < 1.29 is 43.0 Å². The minimum atomic E-state index is -4.52. The molecule has 0 aromatic heterocycles. The summed E-state index contributed by atoms with van der Waals surface area (Å²) in [5.74, 6) is -0.407. The van der Waals surface area contributed by atoms with Gasteiger partial charge in [0.2, 0.25) is 0 Å². The Hall–Kier alpha value is -0.960. The third-order valence-electron chi connectivity index (χ3n) is 8.05. The van der Waals surface area contributed by atoms with Crippen molar-refractivity contribution in [1.29, 1.82) is 0 Å². The fourth-order valence-electron chi connectivity index (χ4n) is 5.14. The molecule has 0 aromatic carbocycles. The van der Waals surface area contributed by atoms with E-state index in [-0.39, 0.29) is 13.0 Å². The largest absolute Gasteiger partial charge is 0.498 e. The zero-order valence-electron chi connectivity index (χ0n) is 29.6. The molecule has 0 heterocycles. The van der Waals surface area contributed by atoms with Gasteiger partial charge in [0, 0.05) is 6.42 Å². The molecule has 0 aliphatic carbocycles. The van der Waals surface area contributed by atoms with Gasteiger partial charge >= 0.3 is 13.8 Å². The van der Waals surface area contributed by atoms with Crippen LogP contribution in [0.15, 0.2) is 12.3 Å². The van der Waals surface area contributed by atoms with Gasteiger partial charge in [0.1, 0.15) is 12.7 Å². The van der Waals surface area contributed by atoms with E-state index in [0.29, 0.717) is 0 Å². The van der Waals surface area contributed by atoms with Crippen molar-refractivity contribution in [1.82, 2.24) is 0 Å². The van der Waals surface area contributed by atoms with E-state index < -0.39 is 45.8 Å². The van der Waals surface area contributed by atoms with Gasteiger partial charge in [0.15, 0.2) is 6.10 Å². The number of phosphoric acid groups is 1. The van der Waals surface area contributed by atoms with Gasteiger partial charge in [-0.3, -0.25) is 13.8 Å². The number of hydrogen-bond acceptors (Lipinski definition) is 8. The summed E-state index contributed by atoms with van der Waals surface area (Å²) in [7, 11) is -4.52. The summed E-state index contributed by atoms with van der Waals surface area (Å²) in [6.45, 7) is 2.86. The summed E-state index contributed by atoms with van der Waals surface area (Å²) in [5, 5.41) is 18.2. The number of carbonyl (C=O) groups excluding carboxylic acids is 1. The lowest BCUT2D eigenvalue weighted by Crippen LogP contribution is -2.28. The average molecular weight is 679 g/mol. The molecule has 0 fully saturated rings. The van der Waals surface area contributed by atoms with Crippen molar-refractivity contribution >= 4 is 13.8 Å². The van der Waals surface area contributed by atoms with Gasteiger partial charge in [-0.2, -0.15) is 0 Å². The first-order chi connectivity index (χ1) is 22.3. The standard InChI is InChI=1S/C36H71O9P/c1-3-5-7-9-11-13-14-15-16-17-18-19-21-23-25-27-29-42-32-35(33-44-46(40,41)43-31-34(38)30-37)45-36(39)28-26-24-22-20-12-10-8-6-4-2/h27,29,34-35,37-38H,3-26,28,30-33H2,1-2H3,(H,40,41)/b29-27-/t34-,35+/m0/s1. The summed E-state index contributed by atoms with van der Waals surface area (Å²) >= 11 is 0. The molecule has 0 spiro atoms. The van der Waals surface area contributed by atoms with Gasteiger partial charge in [-0.25, -0.2) is 4.57 Å². The lowest BCUT2D eigenvalue weighted by atomic mass is 10.0. The number of unbranched alkanes of at least 4 members (excludes halogenated alkanes) is 22. The van der Waals surface area contributed by atoms with Crippen LogP contribution in [0.25, 0.3) is 0 Å². The molecule has 9 nitrogen and oxygen atoms in total. The number of rotatable bonds is 36. The third kappa shape index (κ3) is 33.0. The molecule has 0 rings (SSSR count). The second-order valence-corrected chi connectivity index (χ2v) is 14.1. The molecule has 0 aliphatic heterocycles. The topological polar surface area (TPSA) is 132 Å². The van der Waals surface area contributed by atoms with Crippen molar-refractivity contribution in [3.05, 3.63) is 12.3 Å². The van der Waals surface area contributed by atoms with Crippen molar-refractivity contribution in [2.24, 2.45) is 0 Å². The highest BCUT2D eigenvalue weighted by molar-refractivity contribution is 7.47. The highest BCUT2D eigenvalue weighted by Gasteiger charge is 2.26. The van der Waals surface area contributed by atoms with E-state index in [0.717, 1.165) is 32.1 Å². The molecule has 0 saturated heterocycles. The summed E-state index contributed by atoms with van der Waals surface area (Å²) in [6.07, 6.45) is 31.2. The Balaban J connectivity index is 4.23. The van der Waals surface area contributed by atoms with E-state index in [1.165, 1.54) is 122 Å². The van der Waals surface area contributed by atoms with Gasteiger partial charge in [-0.1, -0.05) is 149 Å². The van der Waals surface area contributed by atoms with Crippen molar-refractivity contribution in [3.8, 4) is 0 Å². The zero-order valence-corrected chi connectivity index (χ0v) is 30.4. The minimum absolute atomic E-state index is 0.0298. The van der Waals surface area contributed by atoms with Crippen molar-refractivity contribution in [2.45, 2.75) is 187 Å². The SMILES string of the molecule is CCCCCCCCCCCCCCCC/C=C\OC[C@H](COP(=O)(O)OC[C@@H](O)CO)OC(=O)CCCCCCCCCCC. The molecule has 0 saturated carbocycles. The summed E-state index contributed by atoms with van der Waals surface area (Å²) < 4.78 is 32.9. The number of ether oxygens (including phenoxy) is 2. The number of carbonyl (C=O) groups is 1. The Morgan fingerprint density at radius 3 is 1.57 bits per heavy atom. The van der Waals surface area contributed by atoms with Crippen molar-refractivity contribution in [3.63, 3.8) is 0 Å². The van der Waals surface area contributed by atoms with Crippen LogP contribution in [0.3, 0.4) is 0 Å². The minimum Gasteiger partial charge on any atom is -0.498 e. The van der Waals surface area contributed by atoms with Crippen LogP contribution in [0.5, 0.6) is 0 Å². The normalized spacial score (nSPS) is 14.4. The Bertz CT molecular complexity index is 734. The number of esters is 1. The Labute approximate surface area is 281 Å². The average Bonchev–Trinajstić information content (AvgIpc) is 3.04. The van der Waals surface area contributed by atoms with Crippen LogP contribution in [-0.2, 0) is 27.9 Å². The Morgan fingerprint density at radius 2 is 1.09 bits per heavy atom. The summed E-state index contributed by atoms with van der Waals surface area (Å²) in [4.78, 5) is 22.3. The number of hydrogen-bond donors (Lipinski definition) is 3. The van der Waals surface area contributed by atoms with E-state index in [1.807, 2.05) is 6.08 Å². The molecule has 274 valence electrons.